The molecule has 0 saturated heterocycles. The van der Waals surface area contributed by atoms with Gasteiger partial charge in [-0.15, -0.1) is 0 Å². The lowest BCUT2D eigenvalue weighted by atomic mass is 9.79. The quantitative estimate of drug-likeness (QED) is 0.641. The molecule has 2 aromatic rings. The topological polar surface area (TPSA) is 53.4 Å². The number of hydrogen-bond donors (Lipinski definition) is 2. The molecular formula is C11H9BBrNO2. The lowest BCUT2D eigenvalue weighted by molar-refractivity contribution is 0.426. The Hall–Kier alpha value is -1.17. The van der Waals surface area contributed by atoms with Crippen LogP contribution in [0.4, 0.5) is 0 Å². The minimum Gasteiger partial charge on any atom is -0.423 e. The van der Waals surface area contributed by atoms with E-state index < -0.39 is 7.12 Å². The summed E-state index contributed by atoms with van der Waals surface area (Å²) in [7, 11) is -1.45. The lowest BCUT2D eigenvalue weighted by Gasteiger charge is -2.04. The minimum absolute atomic E-state index is 0.458. The first-order valence-electron chi connectivity index (χ1n) is 4.76. The predicted octanol–water partition coefficient (Wildman–Crippen LogP) is 1.19. The van der Waals surface area contributed by atoms with E-state index in [1.54, 1.807) is 18.2 Å². The Bertz CT molecular complexity index is 505. The molecule has 2 N–H and O–H groups in total. The van der Waals surface area contributed by atoms with Gasteiger partial charge in [-0.25, -0.2) is 4.98 Å². The largest absolute Gasteiger partial charge is 0.488 e. The molecule has 16 heavy (non-hydrogen) atoms. The molecule has 1 aromatic carbocycles. The monoisotopic (exact) mass is 277 g/mol. The van der Waals surface area contributed by atoms with Crippen LogP contribution < -0.4 is 5.46 Å². The van der Waals surface area contributed by atoms with Gasteiger partial charge in [-0.05, 0) is 39.1 Å². The number of aromatic nitrogens is 1. The highest BCUT2D eigenvalue weighted by Gasteiger charge is 2.11. The van der Waals surface area contributed by atoms with Crippen molar-refractivity contribution in [2.24, 2.45) is 0 Å². The first-order valence-corrected chi connectivity index (χ1v) is 5.55. The number of benzene rings is 1. The second kappa shape index (κ2) is 4.78. The number of pyridine rings is 1. The van der Waals surface area contributed by atoms with E-state index in [1.165, 1.54) is 0 Å². The van der Waals surface area contributed by atoms with Crippen LogP contribution in [0, 0.1) is 0 Å². The maximum absolute atomic E-state index is 9.08. The van der Waals surface area contributed by atoms with Gasteiger partial charge in [0, 0.05) is 0 Å². The fourth-order valence-corrected chi connectivity index (χ4v) is 1.77. The standard InChI is InChI=1S/C11H9BBrNO2/c13-11-6-2-5-10(14-11)8-3-1-4-9(7-8)12(15)16/h1-7,15-16H. The molecule has 80 valence electrons. The van der Waals surface area contributed by atoms with Gasteiger partial charge in [0.1, 0.15) is 4.60 Å². The summed E-state index contributed by atoms with van der Waals surface area (Å²) in [6.07, 6.45) is 0. The van der Waals surface area contributed by atoms with Crippen molar-refractivity contribution in [2.75, 3.05) is 0 Å². The van der Waals surface area contributed by atoms with E-state index in [9.17, 15) is 0 Å². The van der Waals surface area contributed by atoms with Crippen molar-refractivity contribution in [3.8, 4) is 11.3 Å². The molecule has 0 spiro atoms. The van der Waals surface area contributed by atoms with E-state index in [1.807, 2.05) is 24.3 Å². The number of halogens is 1. The molecule has 0 fully saturated rings. The van der Waals surface area contributed by atoms with Crippen LogP contribution in [0.2, 0.25) is 0 Å². The van der Waals surface area contributed by atoms with Gasteiger partial charge in [-0.1, -0.05) is 30.3 Å². The average Bonchev–Trinajstić information content (AvgIpc) is 2.29. The minimum atomic E-state index is -1.45. The first-order chi connectivity index (χ1) is 7.66. The summed E-state index contributed by atoms with van der Waals surface area (Å²) in [5.74, 6) is 0. The molecule has 0 atom stereocenters. The molecule has 0 saturated carbocycles. The van der Waals surface area contributed by atoms with Crippen LogP contribution in [-0.4, -0.2) is 22.2 Å². The van der Waals surface area contributed by atoms with Crippen LogP contribution in [0.3, 0.4) is 0 Å². The van der Waals surface area contributed by atoms with Crippen molar-refractivity contribution in [3.05, 3.63) is 47.1 Å². The highest BCUT2D eigenvalue weighted by molar-refractivity contribution is 9.10. The van der Waals surface area contributed by atoms with Crippen molar-refractivity contribution in [1.29, 1.82) is 0 Å². The van der Waals surface area contributed by atoms with Crippen LogP contribution in [0.1, 0.15) is 0 Å². The molecule has 0 radical (unpaired) electrons. The molecule has 5 heteroatoms. The third-order valence-corrected chi connectivity index (χ3v) is 2.64. The van der Waals surface area contributed by atoms with Gasteiger partial charge in [0.15, 0.2) is 0 Å². The fraction of sp³-hybridized carbons (Fsp3) is 0. The highest BCUT2D eigenvalue weighted by atomic mass is 79.9. The molecule has 1 aromatic heterocycles. The number of nitrogens with zero attached hydrogens (tertiary/aromatic N) is 1. The Morgan fingerprint density at radius 3 is 2.50 bits per heavy atom. The predicted molar refractivity (Wildman–Crippen MR) is 67.2 cm³/mol. The van der Waals surface area contributed by atoms with Crippen LogP contribution in [0.25, 0.3) is 11.3 Å². The second-order valence-corrected chi connectivity index (χ2v) is 4.16. The summed E-state index contributed by atoms with van der Waals surface area (Å²) in [4.78, 5) is 4.30. The SMILES string of the molecule is OB(O)c1cccc(-c2cccc(Br)n2)c1. The van der Waals surface area contributed by atoms with Crippen molar-refractivity contribution < 1.29 is 10.0 Å². The zero-order chi connectivity index (χ0) is 11.5. The van der Waals surface area contributed by atoms with Gasteiger partial charge in [0.2, 0.25) is 0 Å². The zero-order valence-electron chi connectivity index (χ0n) is 8.34. The van der Waals surface area contributed by atoms with E-state index in [2.05, 4.69) is 20.9 Å². The maximum Gasteiger partial charge on any atom is 0.488 e. The zero-order valence-corrected chi connectivity index (χ0v) is 9.92. The van der Waals surface area contributed by atoms with Crippen LogP contribution in [0.15, 0.2) is 47.1 Å². The summed E-state index contributed by atoms with van der Waals surface area (Å²) in [6, 6.07) is 12.6. The maximum atomic E-state index is 9.08. The van der Waals surface area contributed by atoms with Crippen molar-refractivity contribution in [2.45, 2.75) is 0 Å². The van der Waals surface area contributed by atoms with Gasteiger partial charge in [-0.2, -0.15) is 0 Å². The highest BCUT2D eigenvalue weighted by Crippen LogP contribution is 2.17. The number of rotatable bonds is 2. The van der Waals surface area contributed by atoms with Crippen LogP contribution in [0.5, 0.6) is 0 Å². The Morgan fingerprint density at radius 2 is 1.81 bits per heavy atom. The van der Waals surface area contributed by atoms with Crippen LogP contribution >= 0.6 is 15.9 Å². The van der Waals surface area contributed by atoms with Gasteiger partial charge in [-0.3, -0.25) is 0 Å². The van der Waals surface area contributed by atoms with Crippen molar-refractivity contribution >= 4 is 28.5 Å². The molecule has 0 bridgehead atoms. The second-order valence-electron chi connectivity index (χ2n) is 3.34. The Kier molecular flexibility index (Phi) is 3.38. The van der Waals surface area contributed by atoms with E-state index in [0.29, 0.717) is 5.46 Å². The molecule has 3 nitrogen and oxygen atoms in total. The van der Waals surface area contributed by atoms with Gasteiger partial charge in [0.05, 0.1) is 5.69 Å². The molecule has 0 aliphatic carbocycles. The Labute approximate surface area is 102 Å². The molecule has 0 unspecified atom stereocenters. The van der Waals surface area contributed by atoms with E-state index in [4.69, 9.17) is 10.0 Å². The lowest BCUT2D eigenvalue weighted by Crippen LogP contribution is -2.29. The normalized spacial score (nSPS) is 10.2. The number of hydrogen-bond acceptors (Lipinski definition) is 3. The smallest absolute Gasteiger partial charge is 0.423 e. The summed E-state index contributed by atoms with van der Waals surface area (Å²) in [5.41, 5.74) is 2.10. The van der Waals surface area contributed by atoms with Gasteiger partial charge in [0.25, 0.3) is 0 Å². The van der Waals surface area contributed by atoms with Crippen LogP contribution in [-0.2, 0) is 0 Å². The third-order valence-electron chi connectivity index (χ3n) is 2.20. The van der Waals surface area contributed by atoms with Gasteiger partial charge < -0.3 is 10.0 Å². The van der Waals surface area contributed by atoms with Crippen molar-refractivity contribution in [1.82, 2.24) is 4.98 Å². The molecule has 1 heterocycles. The van der Waals surface area contributed by atoms with E-state index in [-0.39, 0.29) is 0 Å². The summed E-state index contributed by atoms with van der Waals surface area (Å²) >= 11 is 3.30. The fourth-order valence-electron chi connectivity index (χ4n) is 1.43. The van der Waals surface area contributed by atoms with Gasteiger partial charge >= 0.3 is 7.12 Å². The molecule has 0 amide bonds. The molecular weight excluding hydrogens is 269 g/mol. The Balaban J connectivity index is 2.44. The molecule has 2 rings (SSSR count). The summed E-state index contributed by atoms with van der Waals surface area (Å²) < 4.78 is 0.750. The van der Waals surface area contributed by atoms with E-state index >= 15 is 0 Å². The first kappa shape index (κ1) is 11.3. The average molecular weight is 278 g/mol. The van der Waals surface area contributed by atoms with E-state index in [0.717, 1.165) is 15.9 Å². The summed E-state index contributed by atoms with van der Waals surface area (Å²) in [5, 5.41) is 18.2. The Morgan fingerprint density at radius 1 is 1.06 bits per heavy atom. The third kappa shape index (κ3) is 2.50. The molecule has 0 aliphatic rings. The van der Waals surface area contributed by atoms with Crippen molar-refractivity contribution in [3.63, 3.8) is 0 Å². The summed E-state index contributed by atoms with van der Waals surface area (Å²) in [6.45, 7) is 0. The molecule has 0 aliphatic heterocycles.